The summed E-state index contributed by atoms with van der Waals surface area (Å²) in [5.41, 5.74) is 6.44. The van der Waals surface area contributed by atoms with Crippen LogP contribution in [-0.2, 0) is 10.0 Å². The van der Waals surface area contributed by atoms with Crippen LogP contribution in [0.4, 0.5) is 0 Å². The maximum Gasteiger partial charge on any atom is 0.257 e. The number of hydrazine groups is 1. The molecule has 0 saturated carbocycles. The van der Waals surface area contributed by atoms with E-state index in [-0.39, 0.29) is 10.3 Å². The number of hydrogen-bond donors (Lipinski definition) is 2. The lowest BCUT2D eigenvalue weighted by Crippen LogP contribution is -2.56. The van der Waals surface area contributed by atoms with Gasteiger partial charge in [0.1, 0.15) is 0 Å². The molecule has 1 aromatic carbocycles. The number of sulfonamides is 1. The Morgan fingerprint density at radius 2 is 1.62 bits per heavy atom. The third-order valence-electron chi connectivity index (χ3n) is 5.31. The zero-order chi connectivity index (χ0) is 16.9. The van der Waals surface area contributed by atoms with Gasteiger partial charge >= 0.3 is 0 Å². The van der Waals surface area contributed by atoms with Crippen LogP contribution >= 0.6 is 0 Å². The highest BCUT2D eigenvalue weighted by atomic mass is 32.2. The van der Waals surface area contributed by atoms with E-state index in [0.29, 0.717) is 0 Å². The van der Waals surface area contributed by atoms with Crippen molar-refractivity contribution >= 4 is 10.0 Å². The van der Waals surface area contributed by atoms with E-state index < -0.39 is 10.0 Å². The van der Waals surface area contributed by atoms with E-state index in [9.17, 15) is 8.42 Å². The summed E-state index contributed by atoms with van der Waals surface area (Å²) in [4.78, 5) is 7.83. The lowest BCUT2D eigenvalue weighted by molar-refractivity contribution is 0.149. The second-order valence-electron chi connectivity index (χ2n) is 7.50. The third-order valence-corrected chi connectivity index (χ3v) is 6.57. The Balaban J connectivity index is 1.57. The largest absolute Gasteiger partial charge is 0.311 e. The minimum Gasteiger partial charge on any atom is -0.311 e. The van der Waals surface area contributed by atoms with Gasteiger partial charge in [-0.3, -0.25) is 9.80 Å². The van der Waals surface area contributed by atoms with Gasteiger partial charge in [-0.05, 0) is 24.6 Å². The monoisotopic (exact) mass is 348 g/mol. The van der Waals surface area contributed by atoms with Gasteiger partial charge in [0.25, 0.3) is 10.0 Å². The highest BCUT2D eigenvalue weighted by Gasteiger charge is 2.45. The summed E-state index contributed by atoms with van der Waals surface area (Å²) in [7, 11) is -3.57. The Kier molecular flexibility index (Phi) is 3.72. The van der Waals surface area contributed by atoms with E-state index in [0.717, 1.165) is 50.5 Å². The number of hydrogen-bond acceptors (Lipinski definition) is 5. The number of fused-ring (bicyclic) bond motifs is 1. The molecule has 130 valence electrons. The highest BCUT2D eigenvalue weighted by Crippen LogP contribution is 2.39. The molecule has 4 heterocycles. The Hall–Kier alpha value is -1.41. The molecule has 2 atom stereocenters. The summed E-state index contributed by atoms with van der Waals surface area (Å²) < 4.78 is 25.1. The Bertz CT molecular complexity index is 767. The molecule has 0 spiro atoms. The normalized spacial score (nSPS) is 32.1. The van der Waals surface area contributed by atoms with Gasteiger partial charge in [-0.25, -0.2) is 8.42 Å². The van der Waals surface area contributed by atoms with Crippen molar-refractivity contribution in [1.82, 2.24) is 20.1 Å². The molecule has 24 heavy (non-hydrogen) atoms. The van der Waals surface area contributed by atoms with Crippen LogP contribution in [0, 0.1) is 12.3 Å². The first-order valence-electron chi connectivity index (χ1n) is 8.37. The van der Waals surface area contributed by atoms with Gasteiger partial charge in [0.15, 0.2) is 0 Å². The minimum absolute atomic E-state index is 0.0435. The van der Waals surface area contributed by atoms with Crippen molar-refractivity contribution in [3.05, 3.63) is 41.1 Å². The SMILES string of the molecule is Cc1ccc(S(=O)(=O)NNC2=C3CN4CCN(C3)CC2(C)C4)cc1. The van der Waals surface area contributed by atoms with Crippen LogP contribution in [0.25, 0.3) is 0 Å². The highest BCUT2D eigenvalue weighted by molar-refractivity contribution is 7.89. The summed E-state index contributed by atoms with van der Waals surface area (Å²) in [5.74, 6) is 0. The van der Waals surface area contributed by atoms with E-state index in [1.807, 2.05) is 19.1 Å². The second kappa shape index (κ2) is 5.56. The van der Waals surface area contributed by atoms with Gasteiger partial charge in [0.2, 0.25) is 0 Å². The molecule has 1 aromatic rings. The van der Waals surface area contributed by atoms with Gasteiger partial charge in [-0.15, -0.1) is 4.83 Å². The first kappa shape index (κ1) is 16.1. The van der Waals surface area contributed by atoms with Crippen molar-refractivity contribution in [3.63, 3.8) is 0 Å². The summed E-state index contributed by atoms with van der Waals surface area (Å²) in [6, 6.07) is 6.90. The quantitative estimate of drug-likeness (QED) is 0.784. The van der Waals surface area contributed by atoms with Crippen molar-refractivity contribution in [2.24, 2.45) is 5.41 Å². The first-order chi connectivity index (χ1) is 11.4. The Morgan fingerprint density at radius 3 is 2.17 bits per heavy atom. The van der Waals surface area contributed by atoms with Crippen molar-refractivity contribution in [2.45, 2.75) is 18.7 Å². The van der Waals surface area contributed by atoms with E-state index in [4.69, 9.17) is 0 Å². The number of benzene rings is 1. The fourth-order valence-electron chi connectivity index (χ4n) is 4.21. The molecule has 2 saturated heterocycles. The third kappa shape index (κ3) is 2.75. The Labute approximate surface area is 143 Å². The van der Waals surface area contributed by atoms with Gasteiger partial charge < -0.3 is 5.43 Å². The molecule has 5 rings (SSSR count). The van der Waals surface area contributed by atoms with E-state index in [1.54, 1.807) is 12.1 Å². The van der Waals surface area contributed by atoms with E-state index >= 15 is 0 Å². The Morgan fingerprint density at radius 1 is 1.04 bits per heavy atom. The molecule has 0 amide bonds. The second-order valence-corrected chi connectivity index (χ2v) is 9.19. The zero-order valence-corrected chi connectivity index (χ0v) is 15.0. The zero-order valence-electron chi connectivity index (χ0n) is 14.2. The van der Waals surface area contributed by atoms with Crippen LogP contribution in [0.2, 0.25) is 0 Å². The van der Waals surface area contributed by atoms with E-state index in [1.165, 1.54) is 5.57 Å². The summed E-state index contributed by atoms with van der Waals surface area (Å²) >= 11 is 0. The van der Waals surface area contributed by atoms with Gasteiger partial charge in [-0.2, -0.15) is 0 Å². The molecule has 2 fully saturated rings. The van der Waals surface area contributed by atoms with Crippen LogP contribution in [0.15, 0.2) is 40.4 Å². The van der Waals surface area contributed by atoms with Crippen LogP contribution in [0.1, 0.15) is 12.5 Å². The average Bonchev–Trinajstić information content (AvgIpc) is 2.74. The molecule has 7 heteroatoms. The molecule has 4 aliphatic rings. The first-order valence-corrected chi connectivity index (χ1v) is 9.86. The van der Waals surface area contributed by atoms with Crippen LogP contribution < -0.4 is 10.3 Å². The smallest absolute Gasteiger partial charge is 0.257 e. The van der Waals surface area contributed by atoms with Crippen molar-refractivity contribution in [2.75, 3.05) is 39.3 Å². The van der Waals surface area contributed by atoms with Crippen molar-refractivity contribution in [1.29, 1.82) is 0 Å². The molecule has 0 aliphatic carbocycles. The van der Waals surface area contributed by atoms with Crippen LogP contribution in [-0.4, -0.2) is 57.5 Å². The summed E-state index contributed by atoms with van der Waals surface area (Å²) in [6.45, 7) is 10.2. The number of rotatable bonds is 4. The fraction of sp³-hybridized carbons (Fsp3) is 0.529. The molecular formula is C17H24N4O2S. The van der Waals surface area contributed by atoms with Gasteiger partial charge in [0, 0.05) is 50.4 Å². The molecule has 2 N–H and O–H groups in total. The standard InChI is InChI=1S/C17H24N4O2S/c1-13-3-5-15(6-4-13)24(22,23)19-18-16-14-9-20-7-8-21(10-14)12-17(16,2)11-20/h3-6,18-19H,7-12H2,1-2H3. The van der Waals surface area contributed by atoms with Gasteiger partial charge in [0.05, 0.1) is 4.90 Å². The minimum atomic E-state index is -3.57. The maximum atomic E-state index is 12.5. The van der Waals surface area contributed by atoms with Crippen molar-refractivity contribution < 1.29 is 8.42 Å². The lowest BCUT2D eigenvalue weighted by Gasteiger charge is -2.46. The van der Waals surface area contributed by atoms with Crippen LogP contribution in [0.5, 0.6) is 0 Å². The van der Waals surface area contributed by atoms with Crippen molar-refractivity contribution in [3.8, 4) is 0 Å². The summed E-state index contributed by atoms with van der Waals surface area (Å²) in [6.07, 6.45) is 0. The average molecular weight is 348 g/mol. The van der Waals surface area contributed by atoms with Crippen LogP contribution in [0.3, 0.4) is 0 Å². The molecule has 0 aromatic heterocycles. The number of nitrogens with one attached hydrogen (secondary N) is 2. The molecular weight excluding hydrogens is 324 g/mol. The molecule has 0 radical (unpaired) electrons. The predicted molar refractivity (Wildman–Crippen MR) is 92.6 cm³/mol. The molecule has 4 bridgehead atoms. The summed E-state index contributed by atoms with van der Waals surface area (Å²) in [5, 5.41) is 0. The fourth-order valence-corrected chi connectivity index (χ4v) is 5.06. The molecule has 4 aliphatic heterocycles. The maximum absolute atomic E-state index is 12.5. The van der Waals surface area contributed by atoms with Gasteiger partial charge in [-0.1, -0.05) is 24.6 Å². The number of nitrogens with zero attached hydrogens (tertiary/aromatic N) is 2. The lowest BCUT2D eigenvalue weighted by atomic mass is 9.78. The topological polar surface area (TPSA) is 64.7 Å². The molecule has 2 unspecified atom stereocenters. The molecule has 6 nitrogen and oxygen atoms in total. The predicted octanol–water partition coefficient (Wildman–Crippen LogP) is 0.683. The number of aryl methyl sites for hydroxylation is 1. The van der Waals surface area contributed by atoms with E-state index in [2.05, 4.69) is 27.0 Å².